The van der Waals surface area contributed by atoms with E-state index >= 15 is 0 Å². The second-order valence-electron chi connectivity index (χ2n) is 11.4. The molecule has 7 rings (SSSR count). The lowest BCUT2D eigenvalue weighted by atomic mass is 9.91. The third-order valence-electron chi connectivity index (χ3n) is 8.34. The van der Waals surface area contributed by atoms with Crippen molar-refractivity contribution in [3.05, 3.63) is 192 Å². The molecule has 0 unspecified atom stereocenters. The van der Waals surface area contributed by atoms with E-state index in [1.807, 2.05) is 60.7 Å². The second kappa shape index (κ2) is 13.8. The summed E-state index contributed by atoms with van der Waals surface area (Å²) in [5.74, 6) is -2.21. The minimum atomic E-state index is -0.557. The van der Waals surface area contributed by atoms with Crippen LogP contribution in [-0.4, -0.2) is 23.1 Å². The van der Waals surface area contributed by atoms with Crippen LogP contribution in [0.2, 0.25) is 0 Å². The highest BCUT2D eigenvalue weighted by atomic mass is 32.1. The van der Waals surface area contributed by atoms with E-state index in [1.54, 1.807) is 96.3 Å². The lowest BCUT2D eigenvalue weighted by Gasteiger charge is -2.11. The molecule has 0 radical (unpaired) electrons. The minimum absolute atomic E-state index is 0.323. The molecule has 0 bridgehead atoms. The summed E-state index contributed by atoms with van der Waals surface area (Å²) in [6.07, 6.45) is 0. The SMILES string of the molecule is O=C(C(=O)c1ccc(-c2sc(-c3ccc(C(=O)C(=O)c4ccccc4)cc3)c(-c3ccccc3)c2-c2ccccc2)cc1)c1ccccc1. The van der Waals surface area contributed by atoms with Crippen molar-refractivity contribution in [3.8, 4) is 43.1 Å². The standard InChI is InChI=1S/C44H28O4S/c45-39(31-17-9-3-10-18-31)41(47)33-21-25-35(26-22-33)43-37(29-13-5-1-6-14-29)38(30-15-7-2-8-16-30)44(49-43)36-27-23-34(24-28-36)42(48)40(46)32-19-11-4-12-20-32/h1-28H. The van der Waals surface area contributed by atoms with Crippen molar-refractivity contribution in [1.29, 1.82) is 0 Å². The molecule has 0 saturated carbocycles. The van der Waals surface area contributed by atoms with Crippen molar-refractivity contribution < 1.29 is 19.2 Å². The van der Waals surface area contributed by atoms with Gasteiger partial charge in [-0.15, -0.1) is 11.3 Å². The van der Waals surface area contributed by atoms with Gasteiger partial charge in [-0.05, 0) is 22.3 Å². The van der Waals surface area contributed by atoms with Crippen molar-refractivity contribution in [1.82, 2.24) is 0 Å². The van der Waals surface area contributed by atoms with E-state index < -0.39 is 23.1 Å². The summed E-state index contributed by atoms with van der Waals surface area (Å²) in [7, 11) is 0. The molecule has 1 aromatic heterocycles. The molecule has 0 atom stereocenters. The lowest BCUT2D eigenvalue weighted by molar-refractivity contribution is 0.0817. The monoisotopic (exact) mass is 652 g/mol. The third-order valence-corrected chi connectivity index (χ3v) is 9.62. The molecule has 0 saturated heterocycles. The third kappa shape index (κ3) is 6.35. The fourth-order valence-electron chi connectivity index (χ4n) is 5.85. The van der Waals surface area contributed by atoms with E-state index in [1.165, 1.54) is 0 Å². The van der Waals surface area contributed by atoms with Crippen LogP contribution in [0.4, 0.5) is 0 Å². The van der Waals surface area contributed by atoms with Crippen molar-refractivity contribution in [2.75, 3.05) is 0 Å². The molecule has 234 valence electrons. The number of thiophene rings is 1. The normalized spacial score (nSPS) is 10.8. The van der Waals surface area contributed by atoms with Gasteiger partial charge in [-0.3, -0.25) is 19.2 Å². The Balaban J connectivity index is 1.33. The van der Waals surface area contributed by atoms with Crippen LogP contribution in [0.1, 0.15) is 41.4 Å². The van der Waals surface area contributed by atoms with E-state index in [-0.39, 0.29) is 0 Å². The van der Waals surface area contributed by atoms with E-state index in [2.05, 4.69) is 24.3 Å². The van der Waals surface area contributed by atoms with Gasteiger partial charge in [0.25, 0.3) is 0 Å². The number of ketones is 4. The maximum atomic E-state index is 13.1. The number of hydrogen-bond acceptors (Lipinski definition) is 5. The molecular formula is C44H28O4S. The average Bonchev–Trinajstić information content (AvgIpc) is 3.59. The summed E-state index contributed by atoms with van der Waals surface area (Å²) >= 11 is 1.61. The quantitative estimate of drug-likeness (QED) is 0.109. The Hall–Kier alpha value is -6.30. The van der Waals surface area contributed by atoms with E-state index in [0.717, 1.165) is 43.1 Å². The highest BCUT2D eigenvalue weighted by Gasteiger charge is 2.25. The van der Waals surface area contributed by atoms with Gasteiger partial charge in [0.1, 0.15) is 0 Å². The second-order valence-corrected chi connectivity index (χ2v) is 12.5. The molecule has 5 heteroatoms. The predicted octanol–water partition coefficient (Wildman–Crippen LogP) is 10.5. The van der Waals surface area contributed by atoms with Gasteiger partial charge < -0.3 is 0 Å². The van der Waals surface area contributed by atoms with Gasteiger partial charge in [-0.1, -0.05) is 170 Å². The Morgan fingerprint density at radius 1 is 0.286 bits per heavy atom. The summed E-state index contributed by atoms with van der Waals surface area (Å²) in [4.78, 5) is 54.0. The number of rotatable bonds is 10. The van der Waals surface area contributed by atoms with Crippen LogP contribution in [0.25, 0.3) is 43.1 Å². The fraction of sp³-hybridized carbons (Fsp3) is 0. The molecule has 7 aromatic rings. The van der Waals surface area contributed by atoms with Crippen molar-refractivity contribution in [2.45, 2.75) is 0 Å². The van der Waals surface area contributed by atoms with E-state index in [9.17, 15) is 19.2 Å². The average molecular weight is 653 g/mol. The molecule has 6 aromatic carbocycles. The molecular weight excluding hydrogens is 625 g/mol. The highest BCUT2D eigenvalue weighted by Crippen LogP contribution is 2.52. The van der Waals surface area contributed by atoms with Gasteiger partial charge in [0.2, 0.25) is 23.1 Å². The summed E-state index contributed by atoms with van der Waals surface area (Å²) < 4.78 is 0. The Labute approximate surface area is 288 Å². The van der Waals surface area contributed by atoms with Crippen LogP contribution in [0.3, 0.4) is 0 Å². The molecule has 0 aliphatic heterocycles. The van der Waals surface area contributed by atoms with Gasteiger partial charge in [0, 0.05) is 43.1 Å². The molecule has 0 N–H and O–H groups in total. The first kappa shape index (κ1) is 31.3. The number of Topliss-reactive ketones (excluding diaryl/α,β-unsaturated/α-hetero) is 4. The molecule has 0 aliphatic rings. The molecule has 1 heterocycles. The smallest absolute Gasteiger partial charge is 0.233 e. The number of carbonyl (C=O) groups excluding carboxylic acids is 4. The van der Waals surface area contributed by atoms with Crippen LogP contribution in [-0.2, 0) is 0 Å². The van der Waals surface area contributed by atoms with Crippen LogP contribution >= 0.6 is 11.3 Å². The minimum Gasteiger partial charge on any atom is -0.285 e. The van der Waals surface area contributed by atoms with Crippen LogP contribution in [0.15, 0.2) is 170 Å². The molecule has 0 aliphatic carbocycles. The van der Waals surface area contributed by atoms with Crippen molar-refractivity contribution in [2.24, 2.45) is 0 Å². The van der Waals surface area contributed by atoms with Gasteiger partial charge in [-0.2, -0.15) is 0 Å². The maximum absolute atomic E-state index is 13.1. The Morgan fingerprint density at radius 2 is 0.551 bits per heavy atom. The lowest BCUT2D eigenvalue weighted by Crippen LogP contribution is -2.14. The Morgan fingerprint density at radius 3 is 0.857 bits per heavy atom. The van der Waals surface area contributed by atoms with Crippen LogP contribution in [0.5, 0.6) is 0 Å². The van der Waals surface area contributed by atoms with Crippen molar-refractivity contribution >= 4 is 34.5 Å². The molecule has 49 heavy (non-hydrogen) atoms. The molecule has 4 nitrogen and oxygen atoms in total. The number of carbonyl (C=O) groups is 4. The first-order valence-corrected chi connectivity index (χ1v) is 16.6. The molecule has 0 spiro atoms. The van der Waals surface area contributed by atoms with Gasteiger partial charge in [0.15, 0.2) is 0 Å². The van der Waals surface area contributed by atoms with Crippen molar-refractivity contribution in [3.63, 3.8) is 0 Å². The van der Waals surface area contributed by atoms with Gasteiger partial charge in [0.05, 0.1) is 0 Å². The fourth-order valence-corrected chi connectivity index (χ4v) is 7.20. The van der Waals surface area contributed by atoms with Gasteiger partial charge >= 0.3 is 0 Å². The topological polar surface area (TPSA) is 68.3 Å². The summed E-state index contributed by atoms with van der Waals surface area (Å²) in [5.41, 5.74) is 7.28. The zero-order valence-corrected chi connectivity index (χ0v) is 27.0. The highest BCUT2D eigenvalue weighted by molar-refractivity contribution is 7.20. The maximum Gasteiger partial charge on any atom is 0.233 e. The summed E-state index contributed by atoms with van der Waals surface area (Å²) in [5, 5.41) is 0. The molecule has 0 amide bonds. The molecule has 0 fully saturated rings. The summed E-state index contributed by atoms with van der Waals surface area (Å²) in [6.45, 7) is 0. The van der Waals surface area contributed by atoms with Crippen LogP contribution < -0.4 is 0 Å². The summed E-state index contributed by atoms with van der Waals surface area (Å²) in [6, 6.07) is 51.8. The zero-order valence-electron chi connectivity index (χ0n) is 26.2. The first-order chi connectivity index (χ1) is 24.0. The predicted molar refractivity (Wildman–Crippen MR) is 196 cm³/mol. The first-order valence-electron chi connectivity index (χ1n) is 15.8. The van der Waals surface area contributed by atoms with E-state index in [0.29, 0.717) is 22.3 Å². The van der Waals surface area contributed by atoms with Gasteiger partial charge in [-0.25, -0.2) is 0 Å². The number of benzene rings is 6. The number of hydrogen-bond donors (Lipinski definition) is 0. The zero-order chi connectivity index (χ0) is 33.7. The van der Waals surface area contributed by atoms with Crippen LogP contribution in [0, 0.1) is 0 Å². The van der Waals surface area contributed by atoms with E-state index in [4.69, 9.17) is 0 Å². The Kier molecular flexibility index (Phi) is 8.83. The Bertz CT molecular complexity index is 2120. The largest absolute Gasteiger partial charge is 0.285 e.